The zero-order valence-corrected chi connectivity index (χ0v) is 43.4. The molecule has 0 aliphatic heterocycles. The number of fused-ring (bicyclic) bond motifs is 16. The third-order valence-corrected chi connectivity index (χ3v) is 19.1. The van der Waals surface area contributed by atoms with Crippen LogP contribution in [0.25, 0.3) is 93.9 Å². The van der Waals surface area contributed by atoms with Crippen LogP contribution >= 0.6 is 0 Å². The van der Waals surface area contributed by atoms with E-state index >= 15 is 0 Å². The van der Waals surface area contributed by atoms with E-state index in [1.807, 2.05) is 0 Å². The van der Waals surface area contributed by atoms with Crippen LogP contribution in [0.5, 0.6) is 0 Å². The van der Waals surface area contributed by atoms with Crippen molar-refractivity contribution in [3.05, 3.63) is 169 Å². The van der Waals surface area contributed by atoms with Crippen molar-refractivity contribution in [1.29, 1.82) is 0 Å². The van der Waals surface area contributed by atoms with Gasteiger partial charge in [0.1, 0.15) is 11.6 Å². The molecule has 368 valence electrons. The molecule has 0 amide bonds. The van der Waals surface area contributed by atoms with E-state index in [0.29, 0.717) is 5.92 Å². The minimum absolute atomic E-state index is 0.00385. The summed E-state index contributed by atoms with van der Waals surface area (Å²) in [6.07, 6.45) is 13.9. The monoisotopic (exact) mass is 967 g/mol. The van der Waals surface area contributed by atoms with E-state index in [-0.39, 0.29) is 10.8 Å². The van der Waals surface area contributed by atoms with Gasteiger partial charge in [-0.15, -0.1) is 0 Å². The van der Waals surface area contributed by atoms with Crippen molar-refractivity contribution < 1.29 is 0 Å². The van der Waals surface area contributed by atoms with Gasteiger partial charge in [0.05, 0.1) is 33.1 Å². The third-order valence-electron chi connectivity index (χ3n) is 19.1. The molecule has 0 N–H and O–H groups in total. The summed E-state index contributed by atoms with van der Waals surface area (Å²) in [5.41, 5.74) is 11.7. The predicted octanol–water partition coefficient (Wildman–Crippen LogP) is 17.4. The van der Waals surface area contributed by atoms with Crippen molar-refractivity contribution >= 4 is 65.4 Å². The van der Waals surface area contributed by atoms with Crippen LogP contribution in [0.3, 0.4) is 0 Å². The second kappa shape index (κ2) is 16.7. The Labute approximate surface area is 434 Å². The molecule has 4 fully saturated rings. The van der Waals surface area contributed by atoms with Crippen LogP contribution in [0.1, 0.15) is 110 Å². The second-order valence-corrected chi connectivity index (χ2v) is 24.4. The van der Waals surface area contributed by atoms with Gasteiger partial charge in [-0.05, 0) is 166 Å². The molecule has 11 aromatic rings. The first-order valence-corrected chi connectivity index (χ1v) is 28.1. The molecule has 6 heteroatoms. The normalized spacial score (nSPS) is 26.0. The van der Waals surface area contributed by atoms with Crippen molar-refractivity contribution in [3.8, 4) is 28.5 Å². The SMILES string of the molecule is CCC1CC2CC(C)CC(c3nc(-c4ccc(-n5c6ccccc6c6c7c(c8ccccc8n7-c7ccccc7)c7c(c8ccccc8n7-c7ccccc7)c65)cc4)nc(C4(C)CC5CC(C)CC(C5)C4)n3)(C1)C2. The summed E-state index contributed by atoms with van der Waals surface area (Å²) >= 11 is 0. The molecule has 74 heavy (non-hydrogen) atoms. The molecular weight excluding hydrogens is 901 g/mol. The molecule has 4 heterocycles. The molecule has 4 aromatic heterocycles. The Kier molecular flexibility index (Phi) is 10.0. The Morgan fingerprint density at radius 3 is 1.39 bits per heavy atom. The lowest BCUT2D eigenvalue weighted by Crippen LogP contribution is -2.45. The maximum absolute atomic E-state index is 5.78. The van der Waals surface area contributed by atoms with Gasteiger partial charge in [0, 0.05) is 65.8 Å². The first-order valence-electron chi connectivity index (χ1n) is 28.1. The molecule has 6 unspecified atom stereocenters. The summed E-state index contributed by atoms with van der Waals surface area (Å²) in [5, 5.41) is 7.49. The number of aromatic nitrogens is 6. The smallest absolute Gasteiger partial charge is 0.163 e. The third kappa shape index (κ3) is 6.71. The van der Waals surface area contributed by atoms with Gasteiger partial charge < -0.3 is 13.7 Å². The van der Waals surface area contributed by atoms with Gasteiger partial charge in [-0.2, -0.15) is 0 Å². The van der Waals surface area contributed by atoms with E-state index in [9.17, 15) is 0 Å². The Balaban J connectivity index is 0.992. The van der Waals surface area contributed by atoms with Crippen molar-refractivity contribution in [2.24, 2.45) is 35.5 Å². The molecule has 0 spiro atoms. The summed E-state index contributed by atoms with van der Waals surface area (Å²) in [4.78, 5) is 17.2. The molecule has 4 aliphatic carbocycles. The molecule has 15 rings (SSSR count). The van der Waals surface area contributed by atoms with Crippen LogP contribution in [-0.4, -0.2) is 28.7 Å². The maximum atomic E-state index is 5.78. The highest BCUT2D eigenvalue weighted by Crippen LogP contribution is 2.56. The molecule has 4 saturated carbocycles. The number of rotatable bonds is 7. The van der Waals surface area contributed by atoms with Crippen LogP contribution in [-0.2, 0) is 10.8 Å². The summed E-state index contributed by atoms with van der Waals surface area (Å²) in [6.45, 7) is 9.90. The minimum Gasteiger partial charge on any atom is -0.308 e. The lowest BCUT2D eigenvalue weighted by atomic mass is 9.55. The quantitative estimate of drug-likeness (QED) is 0.160. The highest BCUT2D eigenvalue weighted by atomic mass is 15.1. The van der Waals surface area contributed by atoms with Crippen molar-refractivity contribution in [1.82, 2.24) is 28.7 Å². The first-order chi connectivity index (χ1) is 36.2. The van der Waals surface area contributed by atoms with E-state index in [4.69, 9.17) is 15.0 Å². The maximum Gasteiger partial charge on any atom is 0.163 e. The number of para-hydroxylation sites is 5. The molecule has 4 bridgehead atoms. The Bertz CT molecular complexity index is 3900. The van der Waals surface area contributed by atoms with Gasteiger partial charge in [0.2, 0.25) is 0 Å². The average Bonchev–Trinajstić information content (AvgIpc) is 4.20. The molecule has 6 atom stereocenters. The highest BCUT2D eigenvalue weighted by molar-refractivity contribution is 6.40. The fraction of sp³-hybridized carbons (Fsp3) is 0.338. The highest BCUT2D eigenvalue weighted by Gasteiger charge is 2.50. The van der Waals surface area contributed by atoms with E-state index in [1.165, 1.54) is 136 Å². The summed E-state index contributed by atoms with van der Waals surface area (Å²) in [6, 6.07) is 58.4. The Hall–Kier alpha value is -7.05. The van der Waals surface area contributed by atoms with Crippen molar-refractivity contribution in [2.45, 2.75) is 109 Å². The minimum atomic E-state index is -0.0594. The van der Waals surface area contributed by atoms with Crippen LogP contribution < -0.4 is 0 Å². The predicted molar refractivity (Wildman–Crippen MR) is 306 cm³/mol. The van der Waals surface area contributed by atoms with E-state index < -0.39 is 0 Å². The van der Waals surface area contributed by atoms with E-state index in [2.05, 4.69) is 199 Å². The van der Waals surface area contributed by atoms with Gasteiger partial charge in [0.15, 0.2) is 5.82 Å². The molecule has 0 radical (unpaired) electrons. The summed E-state index contributed by atoms with van der Waals surface area (Å²) < 4.78 is 7.62. The van der Waals surface area contributed by atoms with Crippen LogP contribution in [0.4, 0.5) is 0 Å². The van der Waals surface area contributed by atoms with E-state index in [0.717, 1.165) is 69.7 Å². The zero-order chi connectivity index (χ0) is 49.5. The number of hydrogen-bond acceptors (Lipinski definition) is 3. The van der Waals surface area contributed by atoms with E-state index in [1.54, 1.807) is 0 Å². The summed E-state index contributed by atoms with van der Waals surface area (Å²) in [7, 11) is 0. The van der Waals surface area contributed by atoms with Crippen LogP contribution in [0.2, 0.25) is 0 Å². The number of benzene rings is 7. The lowest BCUT2D eigenvalue weighted by Gasteiger charge is -2.50. The Morgan fingerprint density at radius 1 is 0.432 bits per heavy atom. The molecular formula is C68H66N6. The summed E-state index contributed by atoms with van der Waals surface area (Å²) in [5.74, 6) is 7.47. The van der Waals surface area contributed by atoms with Gasteiger partial charge in [-0.1, -0.05) is 125 Å². The average molecular weight is 967 g/mol. The second-order valence-electron chi connectivity index (χ2n) is 24.4. The molecule has 7 aromatic carbocycles. The fourth-order valence-corrected chi connectivity index (χ4v) is 16.7. The van der Waals surface area contributed by atoms with Gasteiger partial charge in [0.25, 0.3) is 0 Å². The van der Waals surface area contributed by atoms with Crippen molar-refractivity contribution in [2.75, 3.05) is 0 Å². The molecule has 4 aliphatic rings. The fourth-order valence-electron chi connectivity index (χ4n) is 16.7. The lowest BCUT2D eigenvalue weighted by molar-refractivity contribution is 0.0622. The van der Waals surface area contributed by atoms with Gasteiger partial charge in [-0.3, -0.25) is 0 Å². The zero-order valence-electron chi connectivity index (χ0n) is 43.4. The van der Waals surface area contributed by atoms with Crippen LogP contribution in [0, 0.1) is 35.5 Å². The number of hydrogen-bond donors (Lipinski definition) is 0. The van der Waals surface area contributed by atoms with Crippen LogP contribution in [0.15, 0.2) is 158 Å². The van der Waals surface area contributed by atoms with Gasteiger partial charge >= 0.3 is 0 Å². The molecule has 0 saturated heterocycles. The van der Waals surface area contributed by atoms with Crippen molar-refractivity contribution in [3.63, 3.8) is 0 Å². The number of nitrogens with zero attached hydrogens (tertiary/aromatic N) is 6. The largest absolute Gasteiger partial charge is 0.308 e. The standard InChI is InChI=1S/C68H66N6/c1-5-44-35-47-34-43(3)37-68(40-44,41-47)66-70-64(69-65(71-66)67(4)38-45-32-42(2)33-46(36-45)39-67)48-28-30-51(31-29-48)74-57-27-17-14-24-54(57)60-62-58(52-22-12-15-25-55(52)72(62)49-18-8-6-9-19-49)61-59(63(60)74)53-23-13-16-26-56(53)73(61)50-20-10-7-11-21-50/h6-31,42-47H,5,32-41H2,1-4H3. The molecule has 6 nitrogen and oxygen atoms in total. The Morgan fingerprint density at radius 2 is 0.878 bits per heavy atom. The topological polar surface area (TPSA) is 53.5 Å². The van der Waals surface area contributed by atoms with Gasteiger partial charge in [-0.25, -0.2) is 15.0 Å². The first kappa shape index (κ1) is 44.4.